The molecule has 2 aliphatic heterocycles. The Morgan fingerprint density at radius 3 is 2.61 bits per heavy atom. The van der Waals surface area contributed by atoms with E-state index in [2.05, 4.69) is 38.1 Å². The molecule has 2 nitrogen and oxygen atoms in total. The van der Waals surface area contributed by atoms with Crippen molar-refractivity contribution in [2.75, 3.05) is 0 Å². The molecule has 2 heteroatoms. The number of hydrogen-bond donors (Lipinski definition) is 0. The van der Waals surface area contributed by atoms with Crippen molar-refractivity contribution in [3.05, 3.63) is 35.9 Å². The van der Waals surface area contributed by atoms with Crippen LogP contribution in [0.4, 0.5) is 0 Å². The SMILES string of the molecule is CCCC(CC(=O)C1OC2CCC1CC2CC)c1ccccc1. The Kier molecular flexibility index (Phi) is 5.53. The number of carbonyl (C=O) groups is 1. The van der Waals surface area contributed by atoms with Crippen molar-refractivity contribution in [2.24, 2.45) is 11.8 Å². The number of hydrogen-bond acceptors (Lipinski definition) is 2. The zero-order valence-corrected chi connectivity index (χ0v) is 14.5. The maximum atomic E-state index is 12.9. The summed E-state index contributed by atoms with van der Waals surface area (Å²) in [5, 5.41) is 0. The van der Waals surface area contributed by atoms with Crippen molar-refractivity contribution >= 4 is 5.78 Å². The van der Waals surface area contributed by atoms with Gasteiger partial charge in [-0.1, -0.05) is 57.0 Å². The second-order valence-corrected chi connectivity index (χ2v) is 7.40. The minimum atomic E-state index is -0.125. The fourth-order valence-electron chi connectivity index (χ4n) is 4.61. The highest BCUT2D eigenvalue weighted by Gasteiger charge is 2.44. The van der Waals surface area contributed by atoms with Crippen LogP contribution in [0.1, 0.15) is 70.3 Å². The average molecular weight is 314 g/mol. The van der Waals surface area contributed by atoms with Crippen molar-refractivity contribution in [3.63, 3.8) is 0 Å². The summed E-state index contributed by atoms with van der Waals surface area (Å²) in [7, 11) is 0. The minimum Gasteiger partial charge on any atom is -0.367 e. The normalized spacial score (nSPS) is 31.0. The van der Waals surface area contributed by atoms with E-state index in [1.54, 1.807) is 0 Å². The molecular weight excluding hydrogens is 284 g/mol. The highest BCUT2D eigenvalue weighted by atomic mass is 16.5. The van der Waals surface area contributed by atoms with Crippen LogP contribution in [0.2, 0.25) is 0 Å². The van der Waals surface area contributed by atoms with Crippen LogP contribution in [0, 0.1) is 11.8 Å². The Labute approximate surface area is 140 Å². The lowest BCUT2D eigenvalue weighted by molar-refractivity contribution is -0.172. The summed E-state index contributed by atoms with van der Waals surface area (Å²) in [5.41, 5.74) is 1.30. The highest BCUT2D eigenvalue weighted by molar-refractivity contribution is 5.84. The van der Waals surface area contributed by atoms with E-state index in [1.165, 1.54) is 24.8 Å². The van der Waals surface area contributed by atoms with Gasteiger partial charge in [-0.3, -0.25) is 4.79 Å². The van der Waals surface area contributed by atoms with Crippen molar-refractivity contribution < 1.29 is 9.53 Å². The molecule has 4 rings (SSSR count). The monoisotopic (exact) mass is 314 g/mol. The number of ether oxygens (including phenoxy) is 1. The number of benzene rings is 1. The molecule has 0 aromatic heterocycles. The van der Waals surface area contributed by atoms with E-state index in [-0.39, 0.29) is 6.10 Å². The van der Waals surface area contributed by atoms with E-state index in [1.807, 2.05) is 6.07 Å². The molecule has 23 heavy (non-hydrogen) atoms. The van der Waals surface area contributed by atoms with Gasteiger partial charge in [0.25, 0.3) is 0 Å². The van der Waals surface area contributed by atoms with Gasteiger partial charge in [-0.15, -0.1) is 0 Å². The third-order valence-corrected chi connectivity index (χ3v) is 5.90. The molecule has 1 aromatic carbocycles. The molecule has 1 saturated carbocycles. The molecule has 1 aliphatic carbocycles. The van der Waals surface area contributed by atoms with E-state index in [4.69, 9.17) is 4.74 Å². The highest BCUT2D eigenvalue weighted by Crippen LogP contribution is 2.43. The molecule has 0 spiro atoms. The summed E-state index contributed by atoms with van der Waals surface area (Å²) in [6.45, 7) is 4.45. The quantitative estimate of drug-likeness (QED) is 0.698. The summed E-state index contributed by atoms with van der Waals surface area (Å²) in [6, 6.07) is 10.5. The van der Waals surface area contributed by atoms with Gasteiger partial charge in [0.15, 0.2) is 5.78 Å². The van der Waals surface area contributed by atoms with E-state index < -0.39 is 0 Å². The molecule has 3 aliphatic rings. The van der Waals surface area contributed by atoms with Crippen LogP contribution in [-0.4, -0.2) is 18.0 Å². The first kappa shape index (κ1) is 16.7. The van der Waals surface area contributed by atoms with Gasteiger partial charge in [0.1, 0.15) is 6.10 Å². The third-order valence-electron chi connectivity index (χ3n) is 5.90. The summed E-state index contributed by atoms with van der Waals surface area (Å²) in [4.78, 5) is 12.9. The van der Waals surface area contributed by atoms with Gasteiger partial charge in [0.2, 0.25) is 0 Å². The smallest absolute Gasteiger partial charge is 0.162 e. The van der Waals surface area contributed by atoms with Crippen LogP contribution >= 0.6 is 0 Å². The number of ketones is 1. The molecule has 1 aromatic rings. The van der Waals surface area contributed by atoms with Crippen LogP contribution in [0.3, 0.4) is 0 Å². The Bertz CT molecular complexity index is 510. The molecule has 2 heterocycles. The topological polar surface area (TPSA) is 26.3 Å². The molecule has 5 atom stereocenters. The third kappa shape index (κ3) is 3.68. The van der Waals surface area contributed by atoms with Gasteiger partial charge < -0.3 is 4.74 Å². The summed E-state index contributed by atoms with van der Waals surface area (Å²) in [5.74, 6) is 1.84. The van der Waals surface area contributed by atoms with Gasteiger partial charge in [0, 0.05) is 6.42 Å². The zero-order chi connectivity index (χ0) is 16.2. The molecule has 0 N–H and O–H groups in total. The molecule has 2 saturated heterocycles. The van der Waals surface area contributed by atoms with E-state index in [0.717, 1.165) is 19.3 Å². The second-order valence-electron chi connectivity index (χ2n) is 7.40. The van der Waals surface area contributed by atoms with E-state index in [0.29, 0.717) is 36.1 Å². The predicted molar refractivity (Wildman–Crippen MR) is 93.5 cm³/mol. The molecule has 126 valence electrons. The molecule has 0 amide bonds. The molecule has 5 unspecified atom stereocenters. The number of fused-ring (bicyclic) bond motifs is 3. The first-order valence-corrected chi connectivity index (χ1v) is 9.46. The minimum absolute atomic E-state index is 0.125. The second kappa shape index (κ2) is 7.61. The molecule has 2 bridgehead atoms. The average Bonchev–Trinajstić information content (AvgIpc) is 2.62. The summed E-state index contributed by atoms with van der Waals surface area (Å²) >= 11 is 0. The van der Waals surface area contributed by atoms with Gasteiger partial charge in [-0.25, -0.2) is 0 Å². The van der Waals surface area contributed by atoms with Crippen LogP contribution in [0.5, 0.6) is 0 Å². The Hall–Kier alpha value is -1.15. The lowest BCUT2D eigenvalue weighted by atomic mass is 9.71. The summed E-state index contributed by atoms with van der Waals surface area (Å²) < 4.78 is 6.22. The number of rotatable bonds is 7. The van der Waals surface area contributed by atoms with Crippen LogP contribution in [-0.2, 0) is 9.53 Å². The number of Topliss-reactive ketones (excluding diaryl/α,β-unsaturated/α-hetero) is 1. The predicted octanol–water partition coefficient (Wildman–Crippen LogP) is 5.12. The largest absolute Gasteiger partial charge is 0.367 e. The van der Waals surface area contributed by atoms with E-state index in [9.17, 15) is 4.79 Å². The lowest BCUT2D eigenvalue weighted by Crippen LogP contribution is -2.49. The Morgan fingerprint density at radius 2 is 2.00 bits per heavy atom. The summed E-state index contributed by atoms with van der Waals surface area (Å²) in [6.07, 6.45) is 7.76. The van der Waals surface area contributed by atoms with Gasteiger partial charge >= 0.3 is 0 Å². The maximum absolute atomic E-state index is 12.9. The van der Waals surface area contributed by atoms with Gasteiger partial charge in [0.05, 0.1) is 6.10 Å². The number of carbonyl (C=O) groups excluding carboxylic acids is 1. The molecule has 0 radical (unpaired) electrons. The molecule has 3 fully saturated rings. The first-order valence-electron chi connectivity index (χ1n) is 9.46. The van der Waals surface area contributed by atoms with Crippen molar-refractivity contribution in [2.45, 2.75) is 76.9 Å². The van der Waals surface area contributed by atoms with Crippen molar-refractivity contribution in [1.82, 2.24) is 0 Å². The Morgan fingerprint density at radius 1 is 1.22 bits per heavy atom. The fourth-order valence-corrected chi connectivity index (χ4v) is 4.61. The Balaban J connectivity index is 1.66. The standard InChI is InChI=1S/C21H30O2/c1-3-8-17(16-9-6-5-7-10-16)14-19(22)21-18-11-12-20(23-21)15(4-2)13-18/h5-7,9-10,15,17-18,20-21H,3-4,8,11-14H2,1-2H3. The van der Waals surface area contributed by atoms with Crippen LogP contribution in [0.15, 0.2) is 30.3 Å². The van der Waals surface area contributed by atoms with Crippen LogP contribution < -0.4 is 0 Å². The van der Waals surface area contributed by atoms with Gasteiger partial charge in [-0.2, -0.15) is 0 Å². The molecular formula is C21H30O2. The fraction of sp³-hybridized carbons (Fsp3) is 0.667. The zero-order valence-electron chi connectivity index (χ0n) is 14.5. The van der Waals surface area contributed by atoms with Crippen LogP contribution in [0.25, 0.3) is 0 Å². The van der Waals surface area contributed by atoms with E-state index >= 15 is 0 Å². The van der Waals surface area contributed by atoms with Gasteiger partial charge in [-0.05, 0) is 49.0 Å². The van der Waals surface area contributed by atoms with Crippen molar-refractivity contribution in [1.29, 1.82) is 0 Å². The van der Waals surface area contributed by atoms with Crippen molar-refractivity contribution in [3.8, 4) is 0 Å². The lowest BCUT2D eigenvalue weighted by Gasteiger charge is -2.46. The first-order chi connectivity index (χ1) is 11.2. The maximum Gasteiger partial charge on any atom is 0.162 e.